The van der Waals surface area contributed by atoms with Crippen LogP contribution in [0.1, 0.15) is 41.3 Å². The van der Waals surface area contributed by atoms with Gasteiger partial charge in [0.05, 0.1) is 12.1 Å². The van der Waals surface area contributed by atoms with Gasteiger partial charge >= 0.3 is 0 Å². The van der Waals surface area contributed by atoms with Crippen molar-refractivity contribution in [3.63, 3.8) is 0 Å². The summed E-state index contributed by atoms with van der Waals surface area (Å²) < 4.78 is 0. The van der Waals surface area contributed by atoms with Crippen molar-refractivity contribution in [1.82, 2.24) is 4.90 Å². The summed E-state index contributed by atoms with van der Waals surface area (Å²) in [6.07, 6.45) is 1.87. The van der Waals surface area contributed by atoms with E-state index in [0.717, 1.165) is 31.5 Å². The van der Waals surface area contributed by atoms with E-state index in [-0.39, 0.29) is 17.9 Å². The maximum Gasteiger partial charge on any atom is 0.179 e. The summed E-state index contributed by atoms with van der Waals surface area (Å²) in [7, 11) is 0. The summed E-state index contributed by atoms with van der Waals surface area (Å²) in [4.78, 5) is 15.0. The first-order valence-electron chi connectivity index (χ1n) is 8.01. The number of nitrogens with zero attached hydrogens (tertiary/aromatic N) is 1. The summed E-state index contributed by atoms with van der Waals surface area (Å²) in [5.74, 6) is 1.16. The molecule has 4 unspecified atom stereocenters. The SMILES string of the molecule is Cc1ccc(C(=O)C(C)N2CC3CCC(O)C3C2)cc1C. The second-order valence-electron chi connectivity index (χ2n) is 6.86. The number of carbonyl (C=O) groups excluding carboxylic acids is 1. The molecule has 4 atom stereocenters. The number of hydrogen-bond acceptors (Lipinski definition) is 3. The fourth-order valence-corrected chi connectivity index (χ4v) is 3.89. The number of Topliss-reactive ketones (excluding diaryl/α,β-unsaturated/α-hetero) is 1. The molecule has 1 N–H and O–H groups in total. The number of likely N-dealkylation sites (tertiary alicyclic amines) is 1. The van der Waals surface area contributed by atoms with E-state index >= 15 is 0 Å². The highest BCUT2D eigenvalue weighted by molar-refractivity contribution is 6.00. The summed E-state index contributed by atoms with van der Waals surface area (Å²) in [5.41, 5.74) is 3.20. The Morgan fingerprint density at radius 1 is 1.24 bits per heavy atom. The molecule has 114 valence electrons. The Morgan fingerprint density at radius 2 is 2.00 bits per heavy atom. The number of aliphatic hydroxyl groups excluding tert-OH is 1. The quantitative estimate of drug-likeness (QED) is 0.869. The van der Waals surface area contributed by atoms with Crippen molar-refractivity contribution in [2.45, 2.75) is 45.8 Å². The van der Waals surface area contributed by atoms with Gasteiger partial charge in [0.25, 0.3) is 0 Å². The van der Waals surface area contributed by atoms with Crippen molar-refractivity contribution in [3.05, 3.63) is 34.9 Å². The Hall–Kier alpha value is -1.19. The zero-order valence-electron chi connectivity index (χ0n) is 13.2. The van der Waals surface area contributed by atoms with Crippen LogP contribution < -0.4 is 0 Å². The lowest BCUT2D eigenvalue weighted by atomic mass is 9.99. The van der Waals surface area contributed by atoms with Crippen LogP contribution in [0.15, 0.2) is 18.2 Å². The fraction of sp³-hybridized carbons (Fsp3) is 0.611. The van der Waals surface area contributed by atoms with Crippen LogP contribution in [0.5, 0.6) is 0 Å². The molecule has 3 nitrogen and oxygen atoms in total. The Balaban J connectivity index is 1.72. The monoisotopic (exact) mass is 287 g/mol. The van der Waals surface area contributed by atoms with Crippen LogP contribution in [-0.2, 0) is 0 Å². The van der Waals surface area contributed by atoms with Gasteiger partial charge in [0.2, 0.25) is 0 Å². The summed E-state index contributed by atoms with van der Waals surface area (Å²) in [5, 5.41) is 10.0. The van der Waals surface area contributed by atoms with Gasteiger partial charge in [-0.1, -0.05) is 12.1 Å². The van der Waals surface area contributed by atoms with Crippen LogP contribution in [0.2, 0.25) is 0 Å². The molecule has 21 heavy (non-hydrogen) atoms. The minimum atomic E-state index is -0.163. The molecule has 0 aromatic heterocycles. The van der Waals surface area contributed by atoms with Crippen LogP contribution in [0, 0.1) is 25.7 Å². The Bertz CT molecular complexity index is 554. The topological polar surface area (TPSA) is 40.5 Å². The predicted octanol–water partition coefficient (Wildman–Crippen LogP) is 2.58. The van der Waals surface area contributed by atoms with E-state index in [2.05, 4.69) is 11.8 Å². The number of ketones is 1. The summed E-state index contributed by atoms with van der Waals surface area (Å²) >= 11 is 0. The van der Waals surface area contributed by atoms with Crippen molar-refractivity contribution in [1.29, 1.82) is 0 Å². The van der Waals surface area contributed by atoms with Crippen molar-refractivity contribution in [2.24, 2.45) is 11.8 Å². The molecule has 0 amide bonds. The molecule has 1 aromatic rings. The lowest BCUT2D eigenvalue weighted by Gasteiger charge is -2.24. The molecule has 2 aliphatic rings. The Kier molecular flexibility index (Phi) is 3.89. The third kappa shape index (κ3) is 2.65. The van der Waals surface area contributed by atoms with Gasteiger partial charge in [-0.2, -0.15) is 0 Å². The van der Waals surface area contributed by atoms with Gasteiger partial charge in [0.1, 0.15) is 0 Å². The molecular weight excluding hydrogens is 262 g/mol. The third-order valence-electron chi connectivity index (χ3n) is 5.57. The molecule has 1 saturated carbocycles. The molecule has 3 rings (SSSR count). The Morgan fingerprint density at radius 3 is 2.67 bits per heavy atom. The van der Waals surface area contributed by atoms with Crippen LogP contribution in [-0.4, -0.2) is 41.0 Å². The maximum atomic E-state index is 12.7. The van der Waals surface area contributed by atoms with Crippen LogP contribution in [0.3, 0.4) is 0 Å². The highest BCUT2D eigenvalue weighted by Crippen LogP contribution is 2.39. The number of carbonyl (C=O) groups is 1. The molecule has 0 spiro atoms. The van der Waals surface area contributed by atoms with Crippen LogP contribution in [0.25, 0.3) is 0 Å². The molecule has 1 aromatic carbocycles. The average molecular weight is 287 g/mol. The minimum Gasteiger partial charge on any atom is -0.393 e. The molecule has 1 aliphatic carbocycles. The molecule has 0 radical (unpaired) electrons. The van der Waals surface area contributed by atoms with Gasteiger partial charge in [-0.25, -0.2) is 0 Å². The molecule has 2 fully saturated rings. The number of aryl methyl sites for hydroxylation is 2. The average Bonchev–Trinajstić information content (AvgIpc) is 3.03. The highest BCUT2D eigenvalue weighted by Gasteiger charge is 2.43. The van der Waals surface area contributed by atoms with Crippen molar-refractivity contribution < 1.29 is 9.90 Å². The van der Waals surface area contributed by atoms with Gasteiger partial charge in [0, 0.05) is 24.6 Å². The molecule has 0 bridgehead atoms. The van der Waals surface area contributed by atoms with Crippen molar-refractivity contribution >= 4 is 5.78 Å². The largest absolute Gasteiger partial charge is 0.393 e. The molecule has 3 heteroatoms. The standard InChI is InChI=1S/C18H25NO2/c1-11-4-5-14(8-12(11)2)18(21)13(3)19-9-15-6-7-17(20)16(15)10-19/h4-5,8,13,15-17,20H,6-7,9-10H2,1-3H3. The van der Waals surface area contributed by atoms with E-state index in [1.54, 1.807) is 0 Å². The van der Waals surface area contributed by atoms with E-state index in [1.807, 2.05) is 32.0 Å². The van der Waals surface area contributed by atoms with Gasteiger partial charge < -0.3 is 5.11 Å². The number of hydrogen-bond donors (Lipinski definition) is 1. The molecule has 1 heterocycles. The zero-order valence-corrected chi connectivity index (χ0v) is 13.2. The van der Waals surface area contributed by atoms with Gasteiger partial charge in [-0.15, -0.1) is 0 Å². The number of benzene rings is 1. The first kappa shape index (κ1) is 14.7. The summed E-state index contributed by atoms with van der Waals surface area (Å²) in [6, 6.07) is 5.87. The van der Waals surface area contributed by atoms with E-state index in [0.29, 0.717) is 11.8 Å². The molecular formula is C18H25NO2. The number of aliphatic hydroxyl groups is 1. The smallest absolute Gasteiger partial charge is 0.179 e. The second-order valence-corrected chi connectivity index (χ2v) is 6.86. The molecule has 1 saturated heterocycles. The second kappa shape index (κ2) is 5.54. The van der Waals surface area contributed by atoms with Crippen molar-refractivity contribution in [2.75, 3.05) is 13.1 Å². The van der Waals surface area contributed by atoms with Crippen molar-refractivity contribution in [3.8, 4) is 0 Å². The first-order chi connectivity index (χ1) is 9.97. The van der Waals surface area contributed by atoms with Gasteiger partial charge in [0.15, 0.2) is 5.78 Å². The Labute approximate surface area is 127 Å². The fourth-order valence-electron chi connectivity index (χ4n) is 3.89. The van der Waals surface area contributed by atoms with Gasteiger partial charge in [-0.05, 0) is 56.7 Å². The predicted molar refractivity (Wildman–Crippen MR) is 83.5 cm³/mol. The van der Waals surface area contributed by atoms with E-state index in [4.69, 9.17) is 0 Å². The number of rotatable bonds is 3. The van der Waals surface area contributed by atoms with E-state index in [1.165, 1.54) is 11.1 Å². The zero-order chi connectivity index (χ0) is 15.1. The lowest BCUT2D eigenvalue weighted by Crippen LogP contribution is -2.38. The normalized spacial score (nSPS) is 30.4. The summed E-state index contributed by atoms with van der Waals surface area (Å²) in [6.45, 7) is 7.94. The third-order valence-corrected chi connectivity index (χ3v) is 5.57. The van der Waals surface area contributed by atoms with Crippen LogP contribution in [0.4, 0.5) is 0 Å². The van der Waals surface area contributed by atoms with E-state index < -0.39 is 0 Å². The first-order valence-corrected chi connectivity index (χ1v) is 8.01. The maximum absolute atomic E-state index is 12.7. The molecule has 1 aliphatic heterocycles. The lowest BCUT2D eigenvalue weighted by molar-refractivity contribution is 0.0826. The van der Waals surface area contributed by atoms with E-state index in [9.17, 15) is 9.90 Å². The minimum absolute atomic E-state index is 0.0927. The number of fused-ring (bicyclic) bond motifs is 1. The van der Waals surface area contributed by atoms with Gasteiger partial charge in [-0.3, -0.25) is 9.69 Å². The van der Waals surface area contributed by atoms with Crippen LogP contribution >= 0.6 is 0 Å². The highest BCUT2D eigenvalue weighted by atomic mass is 16.3.